The minimum absolute atomic E-state index is 0.151. The first-order chi connectivity index (χ1) is 9.08. The van der Waals surface area contributed by atoms with E-state index in [1.165, 1.54) is 17.8 Å². The number of benzene rings is 2. The number of nitrogen functional groups attached to an aromatic ring is 2. The quantitative estimate of drug-likeness (QED) is 0.589. The summed E-state index contributed by atoms with van der Waals surface area (Å²) in [5.74, 6) is -0.357. The van der Waals surface area contributed by atoms with E-state index < -0.39 is 5.97 Å². The summed E-state index contributed by atoms with van der Waals surface area (Å²) in [6.07, 6.45) is 0. The lowest BCUT2D eigenvalue weighted by atomic mass is 10.2. The smallest absolute Gasteiger partial charge is 0.336 e. The predicted octanol–water partition coefficient (Wildman–Crippen LogP) is 2.84. The molecule has 0 amide bonds. The van der Waals surface area contributed by atoms with Crippen molar-refractivity contribution < 1.29 is 9.90 Å². The molecule has 0 radical (unpaired) electrons. The molecular formula is C14H14N2O2S. The molecule has 0 aliphatic rings. The first-order valence-corrected chi connectivity index (χ1v) is 6.65. The monoisotopic (exact) mass is 274 g/mol. The van der Waals surface area contributed by atoms with Crippen LogP contribution < -0.4 is 11.5 Å². The Morgan fingerprint density at radius 3 is 2.47 bits per heavy atom. The molecule has 19 heavy (non-hydrogen) atoms. The number of nitrogens with two attached hydrogens (primary N) is 2. The van der Waals surface area contributed by atoms with Gasteiger partial charge >= 0.3 is 5.97 Å². The highest BCUT2D eigenvalue weighted by Crippen LogP contribution is 2.33. The van der Waals surface area contributed by atoms with Crippen molar-refractivity contribution in [2.75, 3.05) is 11.5 Å². The van der Waals surface area contributed by atoms with Crippen LogP contribution in [0.15, 0.2) is 47.4 Å². The predicted molar refractivity (Wildman–Crippen MR) is 78.2 cm³/mol. The zero-order valence-corrected chi connectivity index (χ0v) is 11.0. The van der Waals surface area contributed by atoms with Crippen molar-refractivity contribution in [2.45, 2.75) is 10.6 Å². The molecule has 0 spiro atoms. The van der Waals surface area contributed by atoms with E-state index in [2.05, 4.69) is 0 Å². The number of aromatic carboxylic acids is 1. The molecule has 4 nitrogen and oxygen atoms in total. The largest absolute Gasteiger partial charge is 0.478 e. The maximum Gasteiger partial charge on any atom is 0.336 e. The molecule has 0 heterocycles. The molecular weight excluding hydrogens is 260 g/mol. The first-order valence-electron chi connectivity index (χ1n) is 5.67. The highest BCUT2D eigenvalue weighted by atomic mass is 32.2. The molecule has 0 unspecified atom stereocenters. The summed E-state index contributed by atoms with van der Waals surface area (Å²) in [5.41, 5.74) is 13.5. The van der Waals surface area contributed by atoms with Gasteiger partial charge in [-0.25, -0.2) is 4.79 Å². The molecule has 2 aromatic carbocycles. The molecule has 0 saturated carbocycles. The van der Waals surface area contributed by atoms with Gasteiger partial charge in [0.25, 0.3) is 0 Å². The van der Waals surface area contributed by atoms with Gasteiger partial charge in [-0.05, 0) is 17.7 Å². The Labute approximate surface area is 115 Å². The van der Waals surface area contributed by atoms with Crippen LogP contribution in [0.25, 0.3) is 0 Å². The number of hydrogen-bond acceptors (Lipinski definition) is 4. The maximum absolute atomic E-state index is 11.2. The van der Waals surface area contributed by atoms with Crippen LogP contribution in [0.5, 0.6) is 0 Å². The molecule has 5 heteroatoms. The number of carboxylic acid groups (broad SMARTS) is 1. The zero-order chi connectivity index (χ0) is 13.8. The van der Waals surface area contributed by atoms with Gasteiger partial charge in [-0.15, -0.1) is 11.8 Å². The topological polar surface area (TPSA) is 89.3 Å². The summed E-state index contributed by atoms with van der Waals surface area (Å²) in [6.45, 7) is 0. The van der Waals surface area contributed by atoms with E-state index >= 15 is 0 Å². The van der Waals surface area contributed by atoms with Crippen molar-refractivity contribution in [1.82, 2.24) is 0 Å². The van der Waals surface area contributed by atoms with Crippen LogP contribution in [0.4, 0.5) is 11.4 Å². The lowest BCUT2D eigenvalue weighted by Crippen LogP contribution is -2.04. The number of hydrogen-bond donors (Lipinski definition) is 3. The third-order valence-electron chi connectivity index (χ3n) is 2.60. The molecule has 0 saturated heterocycles. The van der Waals surface area contributed by atoms with E-state index in [0.29, 0.717) is 22.0 Å². The number of carboxylic acids is 1. The van der Waals surface area contributed by atoms with Crippen LogP contribution in [0.2, 0.25) is 0 Å². The minimum Gasteiger partial charge on any atom is -0.478 e. The second kappa shape index (κ2) is 5.67. The first kappa shape index (κ1) is 13.3. The Morgan fingerprint density at radius 1 is 1.16 bits per heavy atom. The summed E-state index contributed by atoms with van der Waals surface area (Å²) in [6, 6.07) is 12.8. The van der Waals surface area contributed by atoms with Crippen molar-refractivity contribution in [3.05, 3.63) is 53.6 Å². The van der Waals surface area contributed by atoms with E-state index in [1.807, 2.05) is 30.3 Å². The van der Waals surface area contributed by atoms with Gasteiger partial charge in [0, 0.05) is 22.0 Å². The van der Waals surface area contributed by atoms with Crippen molar-refractivity contribution in [3.63, 3.8) is 0 Å². The van der Waals surface area contributed by atoms with Gasteiger partial charge in [0.05, 0.1) is 5.56 Å². The normalized spacial score (nSPS) is 10.3. The van der Waals surface area contributed by atoms with Crippen molar-refractivity contribution >= 4 is 29.1 Å². The van der Waals surface area contributed by atoms with Crippen LogP contribution in [-0.2, 0) is 5.75 Å². The molecule has 2 rings (SSSR count). The van der Waals surface area contributed by atoms with E-state index in [9.17, 15) is 9.90 Å². The summed E-state index contributed by atoms with van der Waals surface area (Å²) in [4.78, 5) is 11.8. The molecule has 2 aromatic rings. The molecule has 0 atom stereocenters. The highest BCUT2D eigenvalue weighted by molar-refractivity contribution is 7.98. The van der Waals surface area contributed by atoms with Gasteiger partial charge in [-0.1, -0.05) is 30.3 Å². The molecule has 98 valence electrons. The average Bonchev–Trinajstić information content (AvgIpc) is 2.38. The van der Waals surface area contributed by atoms with Crippen LogP contribution in [0, 0.1) is 0 Å². The Hall–Kier alpha value is -2.14. The Balaban J connectivity index is 2.27. The van der Waals surface area contributed by atoms with Gasteiger partial charge < -0.3 is 16.6 Å². The Bertz CT molecular complexity index is 600. The van der Waals surface area contributed by atoms with Gasteiger partial charge in [0.2, 0.25) is 0 Å². The summed E-state index contributed by atoms with van der Waals surface area (Å²) >= 11 is 1.40. The lowest BCUT2D eigenvalue weighted by Gasteiger charge is -2.10. The van der Waals surface area contributed by atoms with Crippen LogP contribution in [0.1, 0.15) is 15.9 Å². The Kier molecular flexibility index (Phi) is 3.97. The number of thioether (sulfide) groups is 1. The fourth-order valence-electron chi connectivity index (χ4n) is 1.72. The van der Waals surface area contributed by atoms with E-state index in [0.717, 1.165) is 5.56 Å². The molecule has 5 N–H and O–H groups in total. The maximum atomic E-state index is 11.2. The molecule has 0 fully saturated rings. The Morgan fingerprint density at radius 2 is 1.84 bits per heavy atom. The van der Waals surface area contributed by atoms with Gasteiger partial charge in [0.1, 0.15) is 0 Å². The standard InChI is InChI=1S/C14H14N2O2S/c15-10-6-11(14(17)18)13(12(16)7-10)19-8-9-4-2-1-3-5-9/h1-7H,8,15-16H2,(H,17,18). The summed E-state index contributed by atoms with van der Waals surface area (Å²) in [5, 5.41) is 9.19. The minimum atomic E-state index is -1.02. The molecule has 0 aromatic heterocycles. The van der Waals surface area contributed by atoms with Crippen LogP contribution in [-0.4, -0.2) is 11.1 Å². The van der Waals surface area contributed by atoms with E-state index in [4.69, 9.17) is 11.5 Å². The van der Waals surface area contributed by atoms with Crippen LogP contribution >= 0.6 is 11.8 Å². The number of carbonyl (C=O) groups is 1. The average molecular weight is 274 g/mol. The lowest BCUT2D eigenvalue weighted by molar-refractivity contribution is 0.0693. The molecule has 0 aliphatic heterocycles. The second-order valence-corrected chi connectivity index (χ2v) is 5.05. The highest BCUT2D eigenvalue weighted by Gasteiger charge is 2.14. The fourth-order valence-corrected chi connectivity index (χ4v) is 2.75. The van der Waals surface area contributed by atoms with Crippen LogP contribution in [0.3, 0.4) is 0 Å². The van der Waals surface area contributed by atoms with E-state index in [1.54, 1.807) is 6.07 Å². The number of anilines is 2. The summed E-state index contributed by atoms with van der Waals surface area (Å²) in [7, 11) is 0. The molecule has 0 aliphatic carbocycles. The second-order valence-electron chi connectivity index (χ2n) is 4.07. The van der Waals surface area contributed by atoms with Gasteiger partial charge in [0.15, 0.2) is 0 Å². The van der Waals surface area contributed by atoms with E-state index in [-0.39, 0.29) is 5.56 Å². The third kappa shape index (κ3) is 3.20. The third-order valence-corrected chi connectivity index (χ3v) is 3.82. The van der Waals surface area contributed by atoms with Crippen molar-refractivity contribution in [3.8, 4) is 0 Å². The van der Waals surface area contributed by atoms with Gasteiger partial charge in [-0.3, -0.25) is 0 Å². The summed E-state index contributed by atoms with van der Waals surface area (Å²) < 4.78 is 0. The van der Waals surface area contributed by atoms with Crippen molar-refractivity contribution in [1.29, 1.82) is 0 Å². The zero-order valence-electron chi connectivity index (χ0n) is 10.2. The fraction of sp³-hybridized carbons (Fsp3) is 0.0714. The SMILES string of the molecule is Nc1cc(N)c(SCc2ccccc2)c(C(=O)O)c1. The molecule has 0 bridgehead atoms. The van der Waals surface area contributed by atoms with Crippen molar-refractivity contribution in [2.24, 2.45) is 0 Å². The van der Waals surface area contributed by atoms with Gasteiger partial charge in [-0.2, -0.15) is 0 Å². The number of rotatable bonds is 4.